The van der Waals surface area contributed by atoms with Crippen LogP contribution in [0.4, 0.5) is 10.8 Å². The molecule has 1 aromatic carbocycles. The third kappa shape index (κ3) is 6.24. The van der Waals surface area contributed by atoms with E-state index in [0.29, 0.717) is 40.4 Å². The summed E-state index contributed by atoms with van der Waals surface area (Å²) in [6.07, 6.45) is 1.11. The number of thioether (sulfide) groups is 1. The van der Waals surface area contributed by atoms with Crippen molar-refractivity contribution in [2.75, 3.05) is 29.6 Å². The molecule has 3 rings (SSSR count). The Balaban J connectivity index is 1.55. The van der Waals surface area contributed by atoms with Gasteiger partial charge in [0.15, 0.2) is 4.34 Å². The number of carbonyl (C=O) groups is 3. The molecule has 1 aliphatic rings. The van der Waals surface area contributed by atoms with Crippen LogP contribution in [0.5, 0.6) is 0 Å². The molecule has 1 atom stereocenters. The fourth-order valence-corrected chi connectivity index (χ4v) is 4.10. The highest BCUT2D eigenvalue weighted by Gasteiger charge is 2.23. The first kappa shape index (κ1) is 21.2. The first-order chi connectivity index (χ1) is 14.0. The number of hydrogen-bond donors (Lipinski definition) is 2. The molecule has 9 nitrogen and oxygen atoms in total. The number of anilines is 2. The second-order valence-electron chi connectivity index (χ2n) is 5.99. The Morgan fingerprint density at radius 2 is 2.17 bits per heavy atom. The van der Waals surface area contributed by atoms with Gasteiger partial charge in [0.2, 0.25) is 5.13 Å². The standard InChI is InChI=1S/C18H20N4O5S2/c1-2-26-14(23)10-28-18-22-21-17(29-18)20-15(24)11-5-3-6-12(9-11)19-16(25)13-7-4-8-27-13/h3,5-6,9,13H,2,4,7-8,10H2,1H3,(H,19,25)(H,20,21,24). The highest BCUT2D eigenvalue weighted by atomic mass is 32.2. The lowest BCUT2D eigenvalue weighted by molar-refractivity contribution is -0.139. The van der Waals surface area contributed by atoms with E-state index in [-0.39, 0.29) is 23.5 Å². The molecular weight excluding hydrogens is 416 g/mol. The van der Waals surface area contributed by atoms with Crippen molar-refractivity contribution < 1.29 is 23.9 Å². The predicted molar refractivity (Wildman–Crippen MR) is 109 cm³/mol. The molecular formula is C18H20N4O5S2. The summed E-state index contributed by atoms with van der Waals surface area (Å²) in [5.74, 6) is -0.799. The summed E-state index contributed by atoms with van der Waals surface area (Å²) in [6.45, 7) is 2.65. The van der Waals surface area contributed by atoms with E-state index in [1.807, 2.05) is 0 Å². The topological polar surface area (TPSA) is 120 Å². The lowest BCUT2D eigenvalue weighted by Crippen LogP contribution is -2.27. The number of ether oxygens (including phenoxy) is 2. The number of nitrogens with one attached hydrogen (secondary N) is 2. The maximum Gasteiger partial charge on any atom is 0.316 e. The number of esters is 1. The smallest absolute Gasteiger partial charge is 0.316 e. The second-order valence-corrected chi connectivity index (χ2v) is 8.19. The molecule has 0 spiro atoms. The zero-order chi connectivity index (χ0) is 20.6. The first-order valence-electron chi connectivity index (χ1n) is 9.01. The van der Waals surface area contributed by atoms with Crippen LogP contribution in [0.25, 0.3) is 0 Å². The Morgan fingerprint density at radius 3 is 2.93 bits per heavy atom. The minimum atomic E-state index is -0.445. The van der Waals surface area contributed by atoms with Gasteiger partial charge in [0.1, 0.15) is 6.10 Å². The number of hydrogen-bond acceptors (Lipinski definition) is 9. The van der Waals surface area contributed by atoms with Crippen molar-refractivity contribution in [3.63, 3.8) is 0 Å². The Bertz CT molecular complexity index is 883. The summed E-state index contributed by atoms with van der Waals surface area (Å²) in [4.78, 5) is 36.0. The molecule has 2 aromatic rings. The third-order valence-electron chi connectivity index (χ3n) is 3.86. The summed E-state index contributed by atoms with van der Waals surface area (Å²) >= 11 is 2.36. The first-order valence-corrected chi connectivity index (χ1v) is 10.8. The molecule has 29 heavy (non-hydrogen) atoms. The maximum atomic E-state index is 12.5. The summed E-state index contributed by atoms with van der Waals surface area (Å²) < 4.78 is 10.8. The van der Waals surface area contributed by atoms with Gasteiger partial charge in [-0.25, -0.2) is 0 Å². The van der Waals surface area contributed by atoms with Crippen LogP contribution in [0.2, 0.25) is 0 Å². The molecule has 0 bridgehead atoms. The van der Waals surface area contributed by atoms with Crippen LogP contribution in [-0.4, -0.2) is 53.1 Å². The normalized spacial score (nSPS) is 15.7. The van der Waals surface area contributed by atoms with Gasteiger partial charge in [-0.3, -0.25) is 19.7 Å². The summed E-state index contributed by atoms with van der Waals surface area (Å²) in [5.41, 5.74) is 0.882. The van der Waals surface area contributed by atoms with E-state index in [1.54, 1.807) is 31.2 Å². The van der Waals surface area contributed by atoms with Crippen LogP contribution in [-0.2, 0) is 19.1 Å². The number of benzene rings is 1. The van der Waals surface area contributed by atoms with E-state index in [4.69, 9.17) is 9.47 Å². The molecule has 0 aliphatic carbocycles. The van der Waals surface area contributed by atoms with E-state index in [0.717, 1.165) is 17.8 Å². The number of rotatable bonds is 8. The molecule has 1 aliphatic heterocycles. The van der Waals surface area contributed by atoms with Crippen molar-refractivity contribution in [3.05, 3.63) is 29.8 Å². The Labute approximate surface area is 175 Å². The lowest BCUT2D eigenvalue weighted by Gasteiger charge is -2.11. The third-order valence-corrected chi connectivity index (χ3v) is 5.81. The number of carbonyl (C=O) groups excluding carboxylic acids is 3. The molecule has 1 fully saturated rings. The maximum absolute atomic E-state index is 12.5. The van der Waals surface area contributed by atoms with Crippen molar-refractivity contribution in [1.29, 1.82) is 0 Å². The molecule has 1 aromatic heterocycles. The van der Waals surface area contributed by atoms with E-state index >= 15 is 0 Å². The average Bonchev–Trinajstić information content (AvgIpc) is 3.39. The zero-order valence-electron chi connectivity index (χ0n) is 15.7. The van der Waals surface area contributed by atoms with E-state index in [9.17, 15) is 14.4 Å². The Hall–Kier alpha value is -2.50. The number of aromatic nitrogens is 2. The van der Waals surface area contributed by atoms with Gasteiger partial charge in [0, 0.05) is 17.9 Å². The van der Waals surface area contributed by atoms with Gasteiger partial charge in [-0.1, -0.05) is 29.2 Å². The summed E-state index contributed by atoms with van der Waals surface area (Å²) in [6, 6.07) is 6.60. The Morgan fingerprint density at radius 1 is 1.31 bits per heavy atom. The average molecular weight is 437 g/mol. The van der Waals surface area contributed by atoms with Gasteiger partial charge in [0.05, 0.1) is 12.4 Å². The predicted octanol–water partition coefficient (Wildman–Crippen LogP) is 2.56. The van der Waals surface area contributed by atoms with Crippen LogP contribution < -0.4 is 10.6 Å². The molecule has 0 radical (unpaired) electrons. The quantitative estimate of drug-likeness (QED) is 0.368. The SMILES string of the molecule is CCOC(=O)CSc1nnc(NC(=O)c2cccc(NC(=O)C3CCCO3)c2)s1. The van der Waals surface area contributed by atoms with E-state index in [2.05, 4.69) is 20.8 Å². The minimum absolute atomic E-state index is 0.128. The molecule has 1 unspecified atom stereocenters. The van der Waals surface area contributed by atoms with E-state index in [1.165, 1.54) is 11.8 Å². The van der Waals surface area contributed by atoms with Gasteiger partial charge in [-0.15, -0.1) is 10.2 Å². The Kier molecular flexibility index (Phi) is 7.55. The van der Waals surface area contributed by atoms with Crippen molar-refractivity contribution in [3.8, 4) is 0 Å². The number of nitrogens with zero attached hydrogens (tertiary/aromatic N) is 2. The minimum Gasteiger partial charge on any atom is -0.465 e. The van der Waals surface area contributed by atoms with Crippen molar-refractivity contribution in [2.45, 2.75) is 30.2 Å². The summed E-state index contributed by atoms with van der Waals surface area (Å²) in [5, 5.41) is 13.6. The molecule has 2 heterocycles. The highest BCUT2D eigenvalue weighted by Crippen LogP contribution is 2.26. The zero-order valence-corrected chi connectivity index (χ0v) is 17.3. The van der Waals surface area contributed by atoms with E-state index < -0.39 is 6.10 Å². The second kappa shape index (κ2) is 10.3. The van der Waals surface area contributed by atoms with Crippen LogP contribution in [0.15, 0.2) is 28.6 Å². The molecule has 2 amide bonds. The molecule has 2 N–H and O–H groups in total. The van der Waals surface area contributed by atoms with Crippen LogP contribution >= 0.6 is 23.1 Å². The largest absolute Gasteiger partial charge is 0.465 e. The monoisotopic (exact) mass is 436 g/mol. The van der Waals surface area contributed by atoms with Crippen LogP contribution in [0.3, 0.4) is 0 Å². The van der Waals surface area contributed by atoms with Gasteiger partial charge in [-0.2, -0.15) is 0 Å². The van der Waals surface area contributed by atoms with Gasteiger partial charge in [-0.05, 0) is 38.0 Å². The van der Waals surface area contributed by atoms with Gasteiger partial charge in [0.25, 0.3) is 11.8 Å². The summed E-state index contributed by atoms with van der Waals surface area (Å²) in [7, 11) is 0. The van der Waals surface area contributed by atoms with Crippen molar-refractivity contribution in [1.82, 2.24) is 10.2 Å². The van der Waals surface area contributed by atoms with Crippen molar-refractivity contribution >= 4 is 51.7 Å². The fraction of sp³-hybridized carbons (Fsp3) is 0.389. The van der Waals surface area contributed by atoms with Gasteiger partial charge < -0.3 is 14.8 Å². The van der Waals surface area contributed by atoms with Crippen LogP contribution in [0, 0.1) is 0 Å². The fourth-order valence-electron chi connectivity index (χ4n) is 2.56. The molecule has 0 saturated carbocycles. The lowest BCUT2D eigenvalue weighted by atomic mass is 10.1. The van der Waals surface area contributed by atoms with Gasteiger partial charge >= 0.3 is 5.97 Å². The molecule has 1 saturated heterocycles. The molecule has 154 valence electrons. The van der Waals surface area contributed by atoms with Crippen molar-refractivity contribution in [2.24, 2.45) is 0 Å². The number of amides is 2. The molecule has 11 heteroatoms. The highest BCUT2D eigenvalue weighted by molar-refractivity contribution is 8.01. The van der Waals surface area contributed by atoms with Crippen LogP contribution in [0.1, 0.15) is 30.1 Å².